The van der Waals surface area contributed by atoms with Crippen molar-refractivity contribution in [2.75, 3.05) is 20.2 Å². The number of hydrogen-bond acceptors (Lipinski definition) is 4. The molecule has 9 heteroatoms. The van der Waals surface area contributed by atoms with Crippen molar-refractivity contribution in [3.63, 3.8) is 0 Å². The van der Waals surface area contributed by atoms with Gasteiger partial charge < -0.3 is 20.7 Å². The third kappa shape index (κ3) is 7.73. The highest BCUT2D eigenvalue weighted by Crippen LogP contribution is 2.20. The predicted molar refractivity (Wildman–Crippen MR) is 111 cm³/mol. The average molecular weight is 438 g/mol. The smallest absolute Gasteiger partial charge is 0.253 e. The minimum Gasteiger partial charge on any atom is -0.380 e. The molecule has 0 saturated heterocycles. The molecule has 2 aromatic rings. The summed E-state index contributed by atoms with van der Waals surface area (Å²) in [4.78, 5) is 35.8. The van der Waals surface area contributed by atoms with Crippen LogP contribution in [-0.2, 0) is 27.5 Å². The zero-order valence-electron chi connectivity index (χ0n) is 15.8. The van der Waals surface area contributed by atoms with Crippen molar-refractivity contribution in [2.45, 2.75) is 13.2 Å². The van der Waals surface area contributed by atoms with Gasteiger partial charge in [-0.3, -0.25) is 14.4 Å². The van der Waals surface area contributed by atoms with Gasteiger partial charge in [-0.15, -0.1) is 0 Å². The van der Waals surface area contributed by atoms with Crippen LogP contribution in [0, 0.1) is 0 Å². The lowest BCUT2D eigenvalue weighted by atomic mass is 10.1. The van der Waals surface area contributed by atoms with Gasteiger partial charge in [0.25, 0.3) is 5.91 Å². The Morgan fingerprint density at radius 3 is 2.31 bits per heavy atom. The van der Waals surface area contributed by atoms with E-state index in [9.17, 15) is 14.4 Å². The molecule has 0 atom stereocenters. The largest absolute Gasteiger partial charge is 0.380 e. The second kappa shape index (κ2) is 11.4. The van der Waals surface area contributed by atoms with Gasteiger partial charge in [0.1, 0.15) is 0 Å². The lowest BCUT2D eigenvalue weighted by Gasteiger charge is -2.09. The molecule has 0 radical (unpaired) electrons. The Morgan fingerprint density at radius 1 is 0.897 bits per heavy atom. The van der Waals surface area contributed by atoms with Crippen LogP contribution in [0.25, 0.3) is 0 Å². The molecule has 7 nitrogen and oxygen atoms in total. The zero-order chi connectivity index (χ0) is 21.2. The molecule has 3 N–H and O–H groups in total. The van der Waals surface area contributed by atoms with Crippen molar-refractivity contribution in [3.05, 3.63) is 69.2 Å². The van der Waals surface area contributed by atoms with Gasteiger partial charge in [0, 0.05) is 18.7 Å². The van der Waals surface area contributed by atoms with Crippen LogP contribution in [0.3, 0.4) is 0 Å². The Bertz CT molecular complexity index is 890. The van der Waals surface area contributed by atoms with Gasteiger partial charge in [-0.05, 0) is 29.3 Å². The zero-order valence-corrected chi connectivity index (χ0v) is 17.3. The molecule has 0 aliphatic carbocycles. The Kier molecular flexibility index (Phi) is 8.92. The number of methoxy groups -OCH3 is 1. The number of carbonyl (C=O) groups excluding carboxylic acids is 3. The first-order chi connectivity index (χ1) is 13.9. The SMILES string of the molecule is COCc1cccc(CNC(=O)CNC(=O)CNC(=O)c2ccc(Cl)cc2Cl)c1. The minimum absolute atomic E-state index is 0.185. The second-order valence-corrected chi connectivity index (χ2v) is 6.96. The Balaban J connectivity index is 1.71. The van der Waals surface area contributed by atoms with Crippen molar-refractivity contribution < 1.29 is 19.1 Å². The van der Waals surface area contributed by atoms with Crippen LogP contribution in [-0.4, -0.2) is 37.9 Å². The number of benzene rings is 2. The quantitative estimate of drug-likeness (QED) is 0.560. The van der Waals surface area contributed by atoms with Crippen LogP contribution < -0.4 is 16.0 Å². The molecule has 0 spiro atoms. The predicted octanol–water partition coefficient (Wildman–Crippen LogP) is 2.30. The van der Waals surface area contributed by atoms with Crippen molar-refractivity contribution in [3.8, 4) is 0 Å². The van der Waals surface area contributed by atoms with Crippen LogP contribution in [0.4, 0.5) is 0 Å². The molecule has 29 heavy (non-hydrogen) atoms. The third-order valence-electron chi connectivity index (χ3n) is 3.82. The van der Waals surface area contributed by atoms with E-state index >= 15 is 0 Å². The second-order valence-electron chi connectivity index (χ2n) is 6.11. The van der Waals surface area contributed by atoms with Gasteiger partial charge in [-0.25, -0.2) is 0 Å². The summed E-state index contributed by atoms with van der Waals surface area (Å²) in [6.07, 6.45) is 0. The van der Waals surface area contributed by atoms with Crippen LogP contribution in [0.2, 0.25) is 10.0 Å². The molecule has 2 aromatic carbocycles. The van der Waals surface area contributed by atoms with E-state index < -0.39 is 11.8 Å². The van der Waals surface area contributed by atoms with Gasteiger partial charge in [0.15, 0.2) is 0 Å². The van der Waals surface area contributed by atoms with Gasteiger partial charge in [-0.2, -0.15) is 0 Å². The molecule has 0 fully saturated rings. The van der Waals surface area contributed by atoms with Gasteiger partial charge >= 0.3 is 0 Å². The van der Waals surface area contributed by atoms with Crippen LogP contribution in [0.1, 0.15) is 21.5 Å². The third-order valence-corrected chi connectivity index (χ3v) is 4.37. The Morgan fingerprint density at radius 2 is 1.59 bits per heavy atom. The first-order valence-electron chi connectivity index (χ1n) is 8.72. The summed E-state index contributed by atoms with van der Waals surface area (Å²) in [5.74, 6) is -1.36. The van der Waals surface area contributed by atoms with E-state index in [4.69, 9.17) is 27.9 Å². The fourth-order valence-electron chi connectivity index (χ4n) is 2.43. The molecule has 3 amide bonds. The minimum atomic E-state index is -0.512. The molecule has 154 valence electrons. The van der Waals surface area contributed by atoms with Gasteiger partial charge in [0.2, 0.25) is 11.8 Å². The molecule has 0 aliphatic heterocycles. The van der Waals surface area contributed by atoms with Gasteiger partial charge in [0.05, 0.1) is 30.3 Å². The maximum atomic E-state index is 12.0. The molecule has 0 unspecified atom stereocenters. The molecule has 0 aliphatic rings. The van der Waals surface area contributed by atoms with Crippen LogP contribution in [0.15, 0.2) is 42.5 Å². The summed E-state index contributed by atoms with van der Waals surface area (Å²) in [5, 5.41) is 8.18. The number of halogens is 2. The fraction of sp³-hybridized carbons (Fsp3) is 0.250. The first-order valence-corrected chi connectivity index (χ1v) is 9.48. The summed E-state index contributed by atoms with van der Waals surface area (Å²) in [6, 6.07) is 12.1. The number of rotatable bonds is 9. The highest BCUT2D eigenvalue weighted by molar-refractivity contribution is 6.36. The maximum absolute atomic E-state index is 12.0. The summed E-state index contributed by atoms with van der Waals surface area (Å²) in [6.45, 7) is 0.334. The number of hydrogen-bond donors (Lipinski definition) is 3. The molecular weight excluding hydrogens is 417 g/mol. The van der Waals surface area contributed by atoms with Crippen molar-refractivity contribution in [1.82, 2.24) is 16.0 Å². The van der Waals surface area contributed by atoms with E-state index in [-0.39, 0.29) is 29.6 Å². The molecular formula is C20H21Cl2N3O4. The van der Waals surface area contributed by atoms with E-state index in [2.05, 4.69) is 16.0 Å². The number of carbonyl (C=O) groups is 3. The monoisotopic (exact) mass is 437 g/mol. The molecule has 0 aromatic heterocycles. The number of amides is 3. The van der Waals surface area contributed by atoms with E-state index in [1.807, 2.05) is 24.3 Å². The Hall–Kier alpha value is -2.61. The molecule has 0 bridgehead atoms. The van der Waals surface area contributed by atoms with Crippen molar-refractivity contribution >= 4 is 40.9 Å². The topological polar surface area (TPSA) is 96.5 Å². The normalized spacial score (nSPS) is 10.3. The van der Waals surface area contributed by atoms with E-state index in [0.717, 1.165) is 11.1 Å². The fourth-order valence-corrected chi connectivity index (χ4v) is 2.92. The van der Waals surface area contributed by atoms with Crippen molar-refractivity contribution in [2.24, 2.45) is 0 Å². The van der Waals surface area contributed by atoms with Crippen LogP contribution in [0.5, 0.6) is 0 Å². The number of ether oxygens (including phenoxy) is 1. The average Bonchev–Trinajstić information content (AvgIpc) is 2.69. The molecule has 0 heterocycles. The summed E-state index contributed by atoms with van der Waals surface area (Å²) in [5.41, 5.74) is 2.13. The van der Waals surface area contributed by atoms with E-state index in [1.54, 1.807) is 7.11 Å². The van der Waals surface area contributed by atoms with Gasteiger partial charge in [-0.1, -0.05) is 47.5 Å². The summed E-state index contributed by atoms with van der Waals surface area (Å²) < 4.78 is 5.08. The number of nitrogens with one attached hydrogen (secondary N) is 3. The van der Waals surface area contributed by atoms with Crippen LogP contribution >= 0.6 is 23.2 Å². The summed E-state index contributed by atoms with van der Waals surface area (Å²) in [7, 11) is 1.61. The van der Waals surface area contributed by atoms with E-state index in [1.165, 1.54) is 18.2 Å². The van der Waals surface area contributed by atoms with E-state index in [0.29, 0.717) is 18.2 Å². The maximum Gasteiger partial charge on any atom is 0.253 e. The standard InChI is InChI=1S/C20H21Cl2N3O4/c1-29-12-14-4-2-3-13(7-14)9-23-18(26)10-24-19(27)11-25-20(28)16-6-5-15(21)8-17(16)22/h2-8H,9-12H2,1H3,(H,23,26)(H,24,27)(H,25,28). The first kappa shape index (κ1) is 22.7. The highest BCUT2D eigenvalue weighted by Gasteiger charge is 2.12. The molecule has 2 rings (SSSR count). The lowest BCUT2D eigenvalue weighted by molar-refractivity contribution is -0.125. The lowest BCUT2D eigenvalue weighted by Crippen LogP contribution is -2.41. The highest BCUT2D eigenvalue weighted by atomic mass is 35.5. The Labute approximate surface area is 178 Å². The molecule has 0 saturated carbocycles. The summed E-state index contributed by atoms with van der Waals surface area (Å²) >= 11 is 11.7. The van der Waals surface area contributed by atoms with Crippen molar-refractivity contribution in [1.29, 1.82) is 0 Å².